The molecule has 1 atom stereocenters. The van der Waals surface area contributed by atoms with E-state index >= 15 is 0 Å². The molecule has 1 unspecified atom stereocenters. The van der Waals surface area contributed by atoms with E-state index in [0.717, 1.165) is 28.5 Å². The van der Waals surface area contributed by atoms with Crippen LogP contribution in [0, 0.1) is 11.3 Å². The molecule has 3 nitrogen and oxygen atoms in total. The summed E-state index contributed by atoms with van der Waals surface area (Å²) in [5.41, 5.74) is 1.06. The minimum atomic E-state index is 0.0531. The first-order valence-corrected chi connectivity index (χ1v) is 8.27. The van der Waals surface area contributed by atoms with Crippen molar-refractivity contribution in [3.05, 3.63) is 10.6 Å². The second-order valence-electron chi connectivity index (χ2n) is 7.30. The number of ketones is 1. The highest BCUT2D eigenvalue weighted by atomic mass is 32.1. The molecule has 1 heterocycles. The summed E-state index contributed by atoms with van der Waals surface area (Å²) in [4.78, 5) is 20.1. The molecule has 0 spiro atoms. The number of carbonyl (C=O) groups excluding carboxylic acids is 1. The fraction of sp³-hybridized carbons (Fsp3) is 0.750. The number of nitrogens with zero attached hydrogens (tertiary/aromatic N) is 2. The summed E-state index contributed by atoms with van der Waals surface area (Å²) >= 11 is 1.57. The number of rotatable bonds is 4. The Morgan fingerprint density at radius 2 is 1.95 bits per heavy atom. The standard InChI is InChI=1S/C16H26N2OS/c1-10(2)7-11(3)18(6)15-17-12-8-16(4,5)9-13(19)14(12)20-15/h10-11H,7-9H2,1-6H3. The van der Waals surface area contributed by atoms with Gasteiger partial charge in [-0.25, -0.2) is 4.98 Å². The normalized spacial score (nSPS) is 19.1. The highest BCUT2D eigenvalue weighted by molar-refractivity contribution is 7.17. The largest absolute Gasteiger partial charge is 0.348 e. The van der Waals surface area contributed by atoms with Crippen molar-refractivity contribution in [3.8, 4) is 0 Å². The Morgan fingerprint density at radius 1 is 1.30 bits per heavy atom. The van der Waals surface area contributed by atoms with E-state index in [2.05, 4.69) is 46.6 Å². The maximum atomic E-state index is 12.2. The van der Waals surface area contributed by atoms with Crippen molar-refractivity contribution in [2.45, 2.75) is 59.9 Å². The molecule has 0 N–H and O–H groups in total. The second kappa shape index (κ2) is 5.47. The van der Waals surface area contributed by atoms with Gasteiger partial charge in [0, 0.05) is 19.5 Å². The van der Waals surface area contributed by atoms with E-state index in [1.807, 2.05) is 0 Å². The molecule has 0 radical (unpaired) electrons. The van der Waals surface area contributed by atoms with Crippen LogP contribution in [0.4, 0.5) is 5.13 Å². The highest BCUT2D eigenvalue weighted by Crippen LogP contribution is 2.39. The van der Waals surface area contributed by atoms with Gasteiger partial charge in [0.25, 0.3) is 0 Å². The van der Waals surface area contributed by atoms with Crippen LogP contribution >= 0.6 is 11.3 Å². The predicted octanol–water partition coefficient (Wildman–Crippen LogP) is 4.17. The summed E-state index contributed by atoms with van der Waals surface area (Å²) < 4.78 is 0. The quantitative estimate of drug-likeness (QED) is 0.835. The summed E-state index contributed by atoms with van der Waals surface area (Å²) in [5, 5.41) is 0.995. The van der Waals surface area contributed by atoms with E-state index in [4.69, 9.17) is 4.98 Å². The molecule has 0 aliphatic heterocycles. The number of hydrogen-bond donors (Lipinski definition) is 0. The van der Waals surface area contributed by atoms with Gasteiger partial charge in [0.1, 0.15) is 0 Å². The number of carbonyl (C=O) groups is 1. The maximum absolute atomic E-state index is 12.2. The Hall–Kier alpha value is -0.900. The molecule has 0 aromatic carbocycles. The van der Waals surface area contributed by atoms with Gasteiger partial charge in [-0.2, -0.15) is 0 Å². The Kier molecular flexibility index (Phi) is 4.24. The van der Waals surface area contributed by atoms with Crippen LogP contribution in [0.3, 0.4) is 0 Å². The van der Waals surface area contributed by atoms with Crippen molar-refractivity contribution < 1.29 is 4.79 Å². The maximum Gasteiger partial charge on any atom is 0.186 e. The van der Waals surface area contributed by atoms with Crippen LogP contribution < -0.4 is 4.90 Å². The number of thiazole rings is 1. The van der Waals surface area contributed by atoms with E-state index in [1.54, 1.807) is 11.3 Å². The van der Waals surface area contributed by atoms with Crippen molar-refractivity contribution in [2.75, 3.05) is 11.9 Å². The van der Waals surface area contributed by atoms with E-state index in [0.29, 0.717) is 18.4 Å². The van der Waals surface area contributed by atoms with Gasteiger partial charge in [-0.05, 0) is 31.1 Å². The number of fused-ring (bicyclic) bond motifs is 1. The fourth-order valence-corrected chi connectivity index (χ4v) is 3.97. The molecule has 0 saturated carbocycles. The van der Waals surface area contributed by atoms with Gasteiger partial charge in [-0.3, -0.25) is 4.79 Å². The van der Waals surface area contributed by atoms with E-state index in [1.165, 1.54) is 0 Å². The second-order valence-corrected chi connectivity index (χ2v) is 8.28. The van der Waals surface area contributed by atoms with Gasteiger partial charge >= 0.3 is 0 Å². The first-order valence-electron chi connectivity index (χ1n) is 7.45. The van der Waals surface area contributed by atoms with Crippen molar-refractivity contribution in [3.63, 3.8) is 0 Å². The van der Waals surface area contributed by atoms with Gasteiger partial charge in [-0.1, -0.05) is 39.0 Å². The lowest BCUT2D eigenvalue weighted by molar-refractivity contribution is 0.0916. The summed E-state index contributed by atoms with van der Waals surface area (Å²) in [6.07, 6.45) is 2.70. The molecule has 0 saturated heterocycles. The molecule has 4 heteroatoms. The van der Waals surface area contributed by atoms with Crippen LogP contribution in [0.2, 0.25) is 0 Å². The fourth-order valence-electron chi connectivity index (χ4n) is 2.89. The van der Waals surface area contributed by atoms with Gasteiger partial charge < -0.3 is 4.90 Å². The zero-order valence-electron chi connectivity index (χ0n) is 13.5. The molecule has 2 rings (SSSR count). The molecule has 0 amide bonds. The third kappa shape index (κ3) is 3.22. The summed E-state index contributed by atoms with van der Waals surface area (Å²) in [6.45, 7) is 11.0. The summed E-state index contributed by atoms with van der Waals surface area (Å²) in [7, 11) is 2.09. The average molecular weight is 294 g/mol. The Balaban J connectivity index is 2.22. The number of aromatic nitrogens is 1. The Morgan fingerprint density at radius 3 is 2.55 bits per heavy atom. The Bertz CT molecular complexity index is 505. The van der Waals surface area contributed by atoms with Crippen molar-refractivity contribution in [2.24, 2.45) is 11.3 Å². The molecule has 20 heavy (non-hydrogen) atoms. The summed E-state index contributed by atoms with van der Waals surface area (Å²) in [5.74, 6) is 0.938. The number of Topliss-reactive ketones (excluding diaryl/α,β-unsaturated/α-hetero) is 1. The van der Waals surface area contributed by atoms with Crippen molar-refractivity contribution in [1.29, 1.82) is 0 Å². The molecule has 1 aliphatic carbocycles. The molecule has 1 aromatic heterocycles. The Labute approximate surface area is 126 Å². The summed E-state index contributed by atoms with van der Waals surface area (Å²) in [6, 6.07) is 0.450. The van der Waals surface area contributed by atoms with E-state index < -0.39 is 0 Å². The highest BCUT2D eigenvalue weighted by Gasteiger charge is 2.34. The molecule has 112 valence electrons. The predicted molar refractivity (Wildman–Crippen MR) is 85.9 cm³/mol. The number of hydrogen-bond acceptors (Lipinski definition) is 4. The van der Waals surface area contributed by atoms with Gasteiger partial charge in [0.15, 0.2) is 10.9 Å². The van der Waals surface area contributed by atoms with Crippen LogP contribution in [-0.4, -0.2) is 23.9 Å². The van der Waals surface area contributed by atoms with Gasteiger partial charge in [0.2, 0.25) is 0 Å². The van der Waals surface area contributed by atoms with Crippen LogP contribution in [0.15, 0.2) is 0 Å². The molecule has 1 aromatic rings. The van der Waals surface area contributed by atoms with Crippen LogP contribution in [0.25, 0.3) is 0 Å². The third-order valence-electron chi connectivity index (χ3n) is 4.00. The first kappa shape index (κ1) is 15.5. The van der Waals surface area contributed by atoms with Gasteiger partial charge in [0.05, 0.1) is 10.6 Å². The minimum absolute atomic E-state index is 0.0531. The van der Waals surface area contributed by atoms with E-state index in [-0.39, 0.29) is 11.2 Å². The van der Waals surface area contributed by atoms with Crippen molar-refractivity contribution in [1.82, 2.24) is 4.98 Å². The molecule has 0 fully saturated rings. The average Bonchev–Trinajstić information content (AvgIpc) is 2.69. The lowest BCUT2D eigenvalue weighted by Crippen LogP contribution is -2.30. The molecular weight excluding hydrogens is 268 g/mol. The van der Waals surface area contributed by atoms with Crippen LogP contribution in [-0.2, 0) is 6.42 Å². The van der Waals surface area contributed by atoms with Crippen LogP contribution in [0.1, 0.15) is 62.8 Å². The molecule has 1 aliphatic rings. The molecular formula is C16H26N2OS. The van der Waals surface area contributed by atoms with Gasteiger partial charge in [-0.15, -0.1) is 0 Å². The zero-order valence-corrected chi connectivity index (χ0v) is 14.3. The first-order chi connectivity index (χ1) is 9.19. The monoisotopic (exact) mass is 294 g/mol. The van der Waals surface area contributed by atoms with Crippen molar-refractivity contribution >= 4 is 22.3 Å². The smallest absolute Gasteiger partial charge is 0.186 e. The lowest BCUT2D eigenvalue weighted by Gasteiger charge is -2.27. The number of anilines is 1. The van der Waals surface area contributed by atoms with Crippen LogP contribution in [0.5, 0.6) is 0 Å². The minimum Gasteiger partial charge on any atom is -0.348 e. The lowest BCUT2D eigenvalue weighted by atomic mass is 9.78. The SMILES string of the molecule is CC(C)CC(C)N(C)c1nc2c(s1)C(=O)CC(C)(C)C2. The molecule has 0 bridgehead atoms. The third-order valence-corrected chi connectivity index (χ3v) is 5.23. The topological polar surface area (TPSA) is 33.2 Å². The zero-order chi connectivity index (χ0) is 15.1. The van der Waals surface area contributed by atoms with E-state index in [9.17, 15) is 4.79 Å².